The van der Waals surface area contributed by atoms with Crippen LogP contribution in [0.5, 0.6) is 0 Å². The van der Waals surface area contributed by atoms with Gasteiger partial charge in [-0.25, -0.2) is 0 Å². The molecule has 1 N–H and O–H groups in total. The Kier molecular flexibility index (Phi) is 5.61. The summed E-state index contributed by atoms with van der Waals surface area (Å²) in [5.41, 5.74) is 2.33. The van der Waals surface area contributed by atoms with Crippen molar-refractivity contribution in [1.82, 2.24) is 9.80 Å². The number of hydrogen-bond acceptors (Lipinski definition) is 4. The van der Waals surface area contributed by atoms with Crippen molar-refractivity contribution in [3.8, 4) is 0 Å². The number of rotatable bonds is 5. The van der Waals surface area contributed by atoms with Gasteiger partial charge in [0.05, 0.1) is 11.4 Å². The maximum absolute atomic E-state index is 12.8. The van der Waals surface area contributed by atoms with Gasteiger partial charge in [0.15, 0.2) is 0 Å². The van der Waals surface area contributed by atoms with E-state index in [9.17, 15) is 9.59 Å². The van der Waals surface area contributed by atoms with Gasteiger partial charge in [-0.05, 0) is 57.6 Å². The molecule has 2 saturated heterocycles. The lowest BCUT2D eigenvalue weighted by Crippen LogP contribution is -2.32. The number of benzene rings is 1. The number of carbonyl (C=O) groups is 2. The molecule has 0 bridgehead atoms. The molecule has 0 spiro atoms. The lowest BCUT2D eigenvalue weighted by Gasteiger charge is -2.25. The largest absolute Gasteiger partial charge is 0.368 e. The van der Waals surface area contributed by atoms with Crippen molar-refractivity contribution < 1.29 is 9.59 Å². The Hall–Kier alpha value is -2.34. The molecule has 6 heteroatoms. The normalized spacial score (nSPS) is 19.9. The first-order chi connectivity index (χ1) is 12.5. The third-order valence-corrected chi connectivity index (χ3v) is 5.32. The van der Waals surface area contributed by atoms with E-state index < -0.39 is 0 Å². The summed E-state index contributed by atoms with van der Waals surface area (Å²) >= 11 is 0. The predicted molar refractivity (Wildman–Crippen MR) is 105 cm³/mol. The van der Waals surface area contributed by atoms with Gasteiger partial charge >= 0.3 is 0 Å². The first-order valence-electron chi connectivity index (χ1n) is 9.27. The maximum atomic E-state index is 12.8. The second-order valence-corrected chi connectivity index (χ2v) is 7.28. The van der Waals surface area contributed by atoms with Crippen molar-refractivity contribution in [1.29, 1.82) is 0 Å². The maximum Gasteiger partial charge on any atom is 0.253 e. The van der Waals surface area contributed by atoms with E-state index in [1.165, 1.54) is 6.08 Å². The SMILES string of the molecule is C=CC(=O)Nc1ccc(C(=O)N2CCCC2)cc1N1CCC(N(C)C)C1. The number of anilines is 2. The molecule has 2 aliphatic heterocycles. The van der Waals surface area contributed by atoms with Crippen molar-refractivity contribution in [3.05, 3.63) is 36.4 Å². The quantitative estimate of drug-likeness (QED) is 0.822. The zero-order valence-electron chi connectivity index (χ0n) is 15.7. The summed E-state index contributed by atoms with van der Waals surface area (Å²) in [7, 11) is 4.17. The van der Waals surface area contributed by atoms with Crippen LogP contribution in [0.1, 0.15) is 29.6 Å². The highest BCUT2D eigenvalue weighted by atomic mass is 16.2. The molecule has 2 fully saturated rings. The summed E-state index contributed by atoms with van der Waals surface area (Å²) in [6.07, 6.45) is 4.47. The summed E-state index contributed by atoms with van der Waals surface area (Å²) in [5, 5.41) is 2.88. The third-order valence-electron chi connectivity index (χ3n) is 5.32. The summed E-state index contributed by atoms with van der Waals surface area (Å²) in [6, 6.07) is 6.04. The van der Waals surface area contributed by atoms with Gasteiger partial charge < -0.3 is 20.0 Å². The van der Waals surface area contributed by atoms with Crippen molar-refractivity contribution in [2.45, 2.75) is 25.3 Å². The van der Waals surface area contributed by atoms with Crippen LogP contribution in [0.3, 0.4) is 0 Å². The van der Waals surface area contributed by atoms with Crippen LogP contribution in [0, 0.1) is 0 Å². The molecule has 1 atom stereocenters. The number of hydrogen-bond donors (Lipinski definition) is 1. The average molecular weight is 356 g/mol. The molecular weight excluding hydrogens is 328 g/mol. The van der Waals surface area contributed by atoms with E-state index in [4.69, 9.17) is 0 Å². The smallest absolute Gasteiger partial charge is 0.253 e. The fraction of sp³-hybridized carbons (Fsp3) is 0.500. The van der Waals surface area contributed by atoms with Crippen LogP contribution < -0.4 is 10.2 Å². The zero-order chi connectivity index (χ0) is 18.7. The third kappa shape index (κ3) is 3.90. The number of nitrogens with zero attached hydrogens (tertiary/aromatic N) is 3. The van der Waals surface area contributed by atoms with Crippen molar-refractivity contribution in [2.24, 2.45) is 0 Å². The Bertz CT molecular complexity index is 695. The Morgan fingerprint density at radius 2 is 1.96 bits per heavy atom. The fourth-order valence-corrected chi connectivity index (χ4v) is 3.70. The molecule has 0 aliphatic carbocycles. The number of carbonyl (C=O) groups excluding carboxylic acids is 2. The summed E-state index contributed by atoms with van der Waals surface area (Å²) < 4.78 is 0. The molecule has 2 aliphatic rings. The molecule has 26 heavy (non-hydrogen) atoms. The first kappa shape index (κ1) is 18.5. The molecule has 1 aromatic carbocycles. The highest BCUT2D eigenvalue weighted by Crippen LogP contribution is 2.32. The van der Waals surface area contributed by atoms with Crippen LogP contribution in [0.15, 0.2) is 30.9 Å². The minimum Gasteiger partial charge on any atom is -0.368 e. The molecule has 1 aromatic rings. The lowest BCUT2D eigenvalue weighted by atomic mass is 10.1. The van der Waals surface area contributed by atoms with Gasteiger partial charge in [-0.15, -0.1) is 0 Å². The van der Waals surface area contributed by atoms with E-state index in [1.807, 2.05) is 23.1 Å². The predicted octanol–water partition coefficient (Wildman–Crippen LogP) is 2.19. The number of likely N-dealkylation sites (N-methyl/N-ethyl adjacent to an activating group) is 1. The highest BCUT2D eigenvalue weighted by molar-refractivity contribution is 6.03. The van der Waals surface area contributed by atoms with E-state index in [0.29, 0.717) is 11.6 Å². The van der Waals surface area contributed by atoms with E-state index in [0.717, 1.165) is 56.8 Å². The molecule has 0 saturated carbocycles. The molecule has 140 valence electrons. The Labute approximate surface area is 155 Å². The topological polar surface area (TPSA) is 55.9 Å². The number of amides is 2. The van der Waals surface area contributed by atoms with Crippen LogP contribution in [0.4, 0.5) is 11.4 Å². The van der Waals surface area contributed by atoms with Gasteiger partial charge in [0.1, 0.15) is 0 Å². The minimum absolute atomic E-state index is 0.0775. The molecule has 0 radical (unpaired) electrons. The molecule has 2 amide bonds. The van der Waals surface area contributed by atoms with E-state index in [2.05, 4.69) is 35.8 Å². The van der Waals surface area contributed by atoms with Gasteiger partial charge in [-0.2, -0.15) is 0 Å². The Balaban J connectivity index is 1.89. The summed E-state index contributed by atoms with van der Waals surface area (Å²) in [4.78, 5) is 31.0. The first-order valence-corrected chi connectivity index (χ1v) is 9.27. The van der Waals surface area contributed by atoms with E-state index >= 15 is 0 Å². The monoisotopic (exact) mass is 356 g/mol. The van der Waals surface area contributed by atoms with E-state index in [1.54, 1.807) is 0 Å². The van der Waals surface area contributed by atoms with Crippen molar-refractivity contribution >= 4 is 23.2 Å². The highest BCUT2D eigenvalue weighted by Gasteiger charge is 2.27. The van der Waals surface area contributed by atoms with Crippen molar-refractivity contribution in [2.75, 3.05) is 50.5 Å². The van der Waals surface area contributed by atoms with Gasteiger partial charge in [-0.1, -0.05) is 6.58 Å². The Morgan fingerprint density at radius 3 is 2.58 bits per heavy atom. The number of likely N-dealkylation sites (tertiary alicyclic amines) is 1. The number of nitrogens with one attached hydrogen (secondary N) is 1. The standard InChI is InChI=1S/C20H28N4O2/c1-4-19(25)21-17-8-7-15(20(26)23-10-5-6-11-23)13-18(17)24-12-9-16(14-24)22(2)3/h4,7-8,13,16H,1,5-6,9-12,14H2,2-3H3,(H,21,25). The average Bonchev–Trinajstić information content (AvgIpc) is 3.33. The van der Waals surface area contributed by atoms with Crippen LogP contribution in [0.25, 0.3) is 0 Å². The molecule has 2 heterocycles. The second kappa shape index (κ2) is 7.91. The van der Waals surface area contributed by atoms with Crippen LogP contribution in [0.2, 0.25) is 0 Å². The van der Waals surface area contributed by atoms with Gasteiger partial charge in [0.2, 0.25) is 5.91 Å². The van der Waals surface area contributed by atoms with Crippen molar-refractivity contribution in [3.63, 3.8) is 0 Å². The molecule has 1 unspecified atom stereocenters. The van der Waals surface area contributed by atoms with Crippen LogP contribution >= 0.6 is 0 Å². The minimum atomic E-state index is -0.242. The molecule has 0 aromatic heterocycles. The van der Waals surface area contributed by atoms with Crippen LogP contribution in [-0.4, -0.2) is 67.9 Å². The summed E-state index contributed by atoms with van der Waals surface area (Å²) in [6.45, 7) is 6.97. The van der Waals surface area contributed by atoms with Gasteiger partial charge in [-0.3, -0.25) is 9.59 Å². The lowest BCUT2D eigenvalue weighted by molar-refractivity contribution is -0.111. The summed E-state index contributed by atoms with van der Waals surface area (Å²) in [5.74, 6) is -0.165. The fourth-order valence-electron chi connectivity index (χ4n) is 3.70. The molecule has 6 nitrogen and oxygen atoms in total. The van der Waals surface area contributed by atoms with Gasteiger partial charge in [0.25, 0.3) is 5.91 Å². The molecular formula is C20H28N4O2. The molecule has 3 rings (SSSR count). The van der Waals surface area contributed by atoms with E-state index in [-0.39, 0.29) is 11.8 Å². The zero-order valence-corrected chi connectivity index (χ0v) is 15.7. The van der Waals surface area contributed by atoms with Gasteiger partial charge in [0, 0.05) is 37.8 Å². The Morgan fingerprint density at radius 1 is 1.23 bits per heavy atom. The second-order valence-electron chi connectivity index (χ2n) is 7.28. The van der Waals surface area contributed by atoms with Crippen LogP contribution in [-0.2, 0) is 4.79 Å².